The van der Waals surface area contributed by atoms with Crippen molar-refractivity contribution in [1.82, 2.24) is 0 Å². The fourth-order valence-electron chi connectivity index (χ4n) is 2.37. The molecule has 0 radical (unpaired) electrons. The van der Waals surface area contributed by atoms with Crippen LogP contribution < -0.4 is 4.90 Å². The summed E-state index contributed by atoms with van der Waals surface area (Å²) in [6.07, 6.45) is 2.13. The predicted molar refractivity (Wildman–Crippen MR) is 70.1 cm³/mol. The first-order valence-corrected chi connectivity index (χ1v) is 6.20. The molecule has 0 amide bonds. The van der Waals surface area contributed by atoms with Crippen molar-refractivity contribution < 1.29 is 14.6 Å². The Labute approximate surface area is 107 Å². The number of ether oxygens (including phenoxy) is 1. The summed E-state index contributed by atoms with van der Waals surface area (Å²) in [7, 11) is 1.90. The molecule has 0 saturated carbocycles. The zero-order valence-corrected chi connectivity index (χ0v) is 10.6. The molecule has 1 heterocycles. The lowest BCUT2D eigenvalue weighted by molar-refractivity contribution is -0.0572. The Bertz CT molecular complexity index is 413. The summed E-state index contributed by atoms with van der Waals surface area (Å²) in [4.78, 5) is 12.9. The standard InChI is InChI=1S/C14H19NO3/c1-15(11-14(17)6-8-18-9-7-14)13-5-3-2-4-12(13)10-16/h2-5,10,17H,6-9,11H2,1H3. The quantitative estimate of drug-likeness (QED) is 0.821. The van der Waals surface area contributed by atoms with Gasteiger partial charge in [0.05, 0.1) is 5.60 Å². The molecule has 18 heavy (non-hydrogen) atoms. The smallest absolute Gasteiger partial charge is 0.152 e. The van der Waals surface area contributed by atoms with Crippen molar-refractivity contribution in [2.75, 3.05) is 31.7 Å². The summed E-state index contributed by atoms with van der Waals surface area (Å²) in [6.45, 7) is 1.71. The minimum atomic E-state index is -0.719. The monoisotopic (exact) mass is 249 g/mol. The van der Waals surface area contributed by atoms with Gasteiger partial charge < -0.3 is 14.7 Å². The van der Waals surface area contributed by atoms with Crippen molar-refractivity contribution in [3.05, 3.63) is 29.8 Å². The Morgan fingerprint density at radius 2 is 2.06 bits per heavy atom. The zero-order valence-electron chi connectivity index (χ0n) is 10.6. The van der Waals surface area contributed by atoms with Crippen LogP contribution in [0.25, 0.3) is 0 Å². The van der Waals surface area contributed by atoms with E-state index < -0.39 is 5.60 Å². The number of para-hydroxylation sites is 1. The molecule has 4 heteroatoms. The average Bonchev–Trinajstić information content (AvgIpc) is 2.39. The predicted octanol–water partition coefficient (Wildman–Crippen LogP) is 1.48. The number of carbonyl (C=O) groups is 1. The van der Waals surface area contributed by atoms with Crippen LogP contribution in [-0.4, -0.2) is 43.8 Å². The topological polar surface area (TPSA) is 49.8 Å². The van der Waals surface area contributed by atoms with Gasteiger partial charge in [-0.3, -0.25) is 4.79 Å². The number of hydrogen-bond acceptors (Lipinski definition) is 4. The fourth-order valence-corrected chi connectivity index (χ4v) is 2.37. The van der Waals surface area contributed by atoms with Gasteiger partial charge in [0.1, 0.15) is 0 Å². The molecule has 0 unspecified atom stereocenters. The molecule has 98 valence electrons. The summed E-state index contributed by atoms with van der Waals surface area (Å²) >= 11 is 0. The largest absolute Gasteiger partial charge is 0.388 e. The van der Waals surface area contributed by atoms with E-state index in [9.17, 15) is 9.90 Å². The molecule has 1 saturated heterocycles. The second-order valence-corrected chi connectivity index (χ2v) is 4.87. The minimum Gasteiger partial charge on any atom is -0.388 e. The van der Waals surface area contributed by atoms with Gasteiger partial charge in [0.25, 0.3) is 0 Å². The van der Waals surface area contributed by atoms with Gasteiger partial charge in [0.2, 0.25) is 0 Å². The molecule has 0 spiro atoms. The van der Waals surface area contributed by atoms with Gasteiger partial charge in [0.15, 0.2) is 6.29 Å². The lowest BCUT2D eigenvalue weighted by atomic mass is 9.93. The van der Waals surface area contributed by atoms with Crippen LogP contribution in [0.4, 0.5) is 5.69 Å². The maximum absolute atomic E-state index is 11.0. The summed E-state index contributed by atoms with van der Waals surface area (Å²) in [5, 5.41) is 10.5. The maximum Gasteiger partial charge on any atom is 0.152 e. The summed E-state index contributed by atoms with van der Waals surface area (Å²) in [5.41, 5.74) is 0.784. The number of aliphatic hydroxyl groups is 1. The van der Waals surface area contributed by atoms with Crippen LogP contribution in [0.1, 0.15) is 23.2 Å². The summed E-state index contributed by atoms with van der Waals surface area (Å²) in [5.74, 6) is 0. The third-order valence-electron chi connectivity index (χ3n) is 3.43. The molecule has 4 nitrogen and oxygen atoms in total. The number of likely N-dealkylation sites (N-methyl/N-ethyl adjacent to an activating group) is 1. The average molecular weight is 249 g/mol. The Hall–Kier alpha value is -1.39. The van der Waals surface area contributed by atoms with Crippen LogP contribution in [-0.2, 0) is 4.74 Å². The van der Waals surface area contributed by atoms with Gasteiger partial charge in [-0.2, -0.15) is 0 Å². The first-order valence-electron chi connectivity index (χ1n) is 6.20. The molecule has 1 aliphatic rings. The highest BCUT2D eigenvalue weighted by Crippen LogP contribution is 2.25. The van der Waals surface area contributed by atoms with Crippen molar-refractivity contribution in [3.63, 3.8) is 0 Å². The van der Waals surface area contributed by atoms with Crippen LogP contribution in [0.3, 0.4) is 0 Å². The van der Waals surface area contributed by atoms with E-state index in [1.165, 1.54) is 0 Å². The van der Waals surface area contributed by atoms with E-state index in [2.05, 4.69) is 0 Å². The molecule has 0 aromatic heterocycles. The number of rotatable bonds is 4. The molecule has 2 rings (SSSR count). The highest BCUT2D eigenvalue weighted by atomic mass is 16.5. The van der Waals surface area contributed by atoms with E-state index in [0.717, 1.165) is 12.0 Å². The van der Waals surface area contributed by atoms with Gasteiger partial charge in [0, 0.05) is 50.9 Å². The molecular formula is C14H19NO3. The number of aldehydes is 1. The van der Waals surface area contributed by atoms with E-state index in [1.807, 2.05) is 30.1 Å². The Morgan fingerprint density at radius 3 is 2.72 bits per heavy atom. The van der Waals surface area contributed by atoms with E-state index in [0.29, 0.717) is 38.2 Å². The number of carbonyl (C=O) groups excluding carboxylic acids is 1. The molecule has 1 aliphatic heterocycles. The van der Waals surface area contributed by atoms with Gasteiger partial charge in [-0.15, -0.1) is 0 Å². The van der Waals surface area contributed by atoms with Crippen LogP contribution in [0.2, 0.25) is 0 Å². The van der Waals surface area contributed by atoms with Crippen molar-refractivity contribution in [2.45, 2.75) is 18.4 Å². The lowest BCUT2D eigenvalue weighted by Gasteiger charge is -2.36. The third-order valence-corrected chi connectivity index (χ3v) is 3.43. The van der Waals surface area contributed by atoms with Gasteiger partial charge in [-0.05, 0) is 12.1 Å². The van der Waals surface area contributed by atoms with Crippen molar-refractivity contribution in [1.29, 1.82) is 0 Å². The van der Waals surface area contributed by atoms with E-state index in [-0.39, 0.29) is 0 Å². The van der Waals surface area contributed by atoms with Crippen LogP contribution >= 0.6 is 0 Å². The van der Waals surface area contributed by atoms with Crippen LogP contribution in [0.15, 0.2) is 24.3 Å². The molecule has 0 aliphatic carbocycles. The number of nitrogens with zero attached hydrogens (tertiary/aromatic N) is 1. The summed E-state index contributed by atoms with van der Waals surface area (Å²) < 4.78 is 5.26. The van der Waals surface area contributed by atoms with Crippen molar-refractivity contribution >= 4 is 12.0 Å². The highest BCUT2D eigenvalue weighted by Gasteiger charge is 2.31. The second-order valence-electron chi connectivity index (χ2n) is 4.87. The van der Waals surface area contributed by atoms with Gasteiger partial charge in [-0.1, -0.05) is 12.1 Å². The maximum atomic E-state index is 11.0. The normalized spacial score (nSPS) is 18.3. The van der Waals surface area contributed by atoms with Gasteiger partial charge in [-0.25, -0.2) is 0 Å². The first kappa shape index (κ1) is 13.1. The number of anilines is 1. The van der Waals surface area contributed by atoms with Gasteiger partial charge >= 0.3 is 0 Å². The van der Waals surface area contributed by atoms with Crippen LogP contribution in [0, 0.1) is 0 Å². The lowest BCUT2D eigenvalue weighted by Crippen LogP contribution is -2.46. The molecular weight excluding hydrogens is 230 g/mol. The number of hydrogen-bond donors (Lipinski definition) is 1. The molecule has 1 aromatic rings. The van der Waals surface area contributed by atoms with E-state index >= 15 is 0 Å². The van der Waals surface area contributed by atoms with E-state index in [1.54, 1.807) is 6.07 Å². The Balaban J connectivity index is 2.11. The third kappa shape index (κ3) is 2.89. The van der Waals surface area contributed by atoms with Crippen molar-refractivity contribution in [3.8, 4) is 0 Å². The SMILES string of the molecule is CN(CC1(O)CCOCC1)c1ccccc1C=O. The Kier molecular flexibility index (Phi) is 3.99. The minimum absolute atomic E-state index is 0.515. The molecule has 1 fully saturated rings. The molecule has 1 aromatic carbocycles. The number of benzene rings is 1. The highest BCUT2D eigenvalue weighted by molar-refractivity contribution is 5.84. The van der Waals surface area contributed by atoms with Crippen LogP contribution in [0.5, 0.6) is 0 Å². The fraction of sp³-hybridized carbons (Fsp3) is 0.500. The van der Waals surface area contributed by atoms with Crippen molar-refractivity contribution in [2.24, 2.45) is 0 Å². The summed E-state index contributed by atoms with van der Waals surface area (Å²) in [6, 6.07) is 7.41. The first-order chi connectivity index (χ1) is 8.64. The second kappa shape index (κ2) is 5.50. The Morgan fingerprint density at radius 1 is 1.39 bits per heavy atom. The zero-order chi connectivity index (χ0) is 13.0. The molecule has 1 N–H and O–H groups in total. The van der Waals surface area contributed by atoms with E-state index in [4.69, 9.17) is 4.74 Å². The molecule has 0 atom stereocenters. The molecule has 0 bridgehead atoms.